The normalized spacial score (nSPS) is 16.0. The van der Waals surface area contributed by atoms with Crippen LogP contribution in [0.25, 0.3) is 39.0 Å². The molecule has 1 saturated heterocycles. The number of imidazole rings is 1. The molecule has 0 spiro atoms. The van der Waals surface area contributed by atoms with Crippen LogP contribution in [-0.4, -0.2) is 57.4 Å². The Morgan fingerprint density at radius 1 is 0.957 bits per heavy atom. The number of pyridine rings is 2. The van der Waals surface area contributed by atoms with Gasteiger partial charge in [0.1, 0.15) is 0 Å². The van der Waals surface area contributed by atoms with E-state index < -0.39 is 38.9 Å². The second-order valence-electron chi connectivity index (χ2n) is 10.9. The molecule has 2 aromatic carbocycles. The van der Waals surface area contributed by atoms with Gasteiger partial charge in [0.25, 0.3) is 10.0 Å². The van der Waals surface area contributed by atoms with Crippen molar-refractivity contribution in [2.45, 2.75) is 30.6 Å². The Labute approximate surface area is 260 Å². The van der Waals surface area contributed by atoms with Crippen molar-refractivity contribution in [1.82, 2.24) is 23.1 Å². The number of benzene rings is 2. The van der Waals surface area contributed by atoms with Crippen LogP contribution >= 0.6 is 0 Å². The molecule has 4 aromatic heterocycles. The molecule has 0 saturated carbocycles. The molecule has 10 nitrogen and oxygen atoms in total. The number of alkyl halides is 3. The monoisotopic (exact) mass is 649 g/mol. The number of aromatic nitrogens is 5. The van der Waals surface area contributed by atoms with E-state index in [2.05, 4.69) is 9.97 Å². The summed E-state index contributed by atoms with van der Waals surface area (Å²) in [6, 6.07) is 17.3. The van der Waals surface area contributed by atoms with Crippen molar-refractivity contribution in [3.8, 4) is 16.8 Å². The summed E-state index contributed by atoms with van der Waals surface area (Å²) in [6.07, 6.45) is -2.04. The lowest BCUT2D eigenvalue weighted by atomic mass is 10.0. The van der Waals surface area contributed by atoms with Gasteiger partial charge in [-0.25, -0.2) is 31.7 Å². The highest BCUT2D eigenvalue weighted by Gasteiger charge is 2.38. The van der Waals surface area contributed by atoms with Crippen molar-refractivity contribution >= 4 is 32.2 Å². The fourth-order valence-corrected chi connectivity index (χ4v) is 7.02. The first-order valence-electron chi connectivity index (χ1n) is 14.3. The van der Waals surface area contributed by atoms with Gasteiger partial charge in [0.15, 0.2) is 11.3 Å². The average molecular weight is 650 g/mol. The molecular formula is C32H26F3N5O5S. The molecule has 6 aromatic rings. The summed E-state index contributed by atoms with van der Waals surface area (Å²) >= 11 is 0. The van der Waals surface area contributed by atoms with Crippen molar-refractivity contribution in [3.05, 3.63) is 107 Å². The van der Waals surface area contributed by atoms with Gasteiger partial charge in [0.05, 0.1) is 54.1 Å². The number of aryl methyl sites for hydroxylation is 1. The fourth-order valence-electron chi connectivity index (χ4n) is 5.72. The zero-order valence-corrected chi connectivity index (χ0v) is 25.1. The highest BCUT2D eigenvalue weighted by molar-refractivity contribution is 7.90. The van der Waals surface area contributed by atoms with Gasteiger partial charge in [0.2, 0.25) is 0 Å². The molecule has 7 rings (SSSR count). The zero-order valence-electron chi connectivity index (χ0n) is 24.3. The van der Waals surface area contributed by atoms with E-state index in [9.17, 15) is 26.4 Å². The first-order chi connectivity index (χ1) is 22.0. The minimum absolute atomic E-state index is 0.0446. The van der Waals surface area contributed by atoms with Gasteiger partial charge in [-0.1, -0.05) is 35.9 Å². The molecule has 1 aliphatic rings. The molecule has 14 heteroatoms. The molecule has 0 bridgehead atoms. The number of halogens is 3. The van der Waals surface area contributed by atoms with Gasteiger partial charge in [-0.2, -0.15) is 13.2 Å². The number of fused-ring (bicyclic) bond motifs is 2. The van der Waals surface area contributed by atoms with Crippen LogP contribution < -0.4 is 5.69 Å². The molecule has 1 fully saturated rings. The summed E-state index contributed by atoms with van der Waals surface area (Å²) < 4.78 is 86.2. The number of para-hydroxylation sites is 1. The lowest BCUT2D eigenvalue weighted by Crippen LogP contribution is -2.35. The van der Waals surface area contributed by atoms with E-state index in [-0.39, 0.29) is 46.0 Å². The lowest BCUT2D eigenvalue weighted by molar-refractivity contribution is -0.135. The Morgan fingerprint density at radius 3 is 2.39 bits per heavy atom. The van der Waals surface area contributed by atoms with Crippen molar-refractivity contribution in [1.29, 1.82) is 0 Å². The van der Waals surface area contributed by atoms with Crippen molar-refractivity contribution < 1.29 is 31.1 Å². The Bertz CT molecular complexity index is 2250. The number of rotatable bonds is 6. The number of hydrogen-bond donors (Lipinski definition) is 0. The molecule has 46 heavy (non-hydrogen) atoms. The average Bonchev–Trinajstić information content (AvgIpc) is 3.60. The summed E-state index contributed by atoms with van der Waals surface area (Å²) in [7, 11) is -4.24. The van der Waals surface area contributed by atoms with Crippen LogP contribution in [0.1, 0.15) is 11.1 Å². The van der Waals surface area contributed by atoms with Gasteiger partial charge >= 0.3 is 11.9 Å². The molecule has 1 atom stereocenters. The lowest BCUT2D eigenvalue weighted by Gasteiger charge is -2.23. The van der Waals surface area contributed by atoms with Gasteiger partial charge in [-0.05, 0) is 43.3 Å². The van der Waals surface area contributed by atoms with Crippen molar-refractivity contribution in [2.75, 3.05) is 19.8 Å². The van der Waals surface area contributed by atoms with Gasteiger partial charge in [0, 0.05) is 35.1 Å². The van der Waals surface area contributed by atoms with E-state index in [4.69, 9.17) is 9.47 Å². The molecular weight excluding hydrogens is 623 g/mol. The number of hydrogen-bond acceptors (Lipinski definition) is 7. The predicted octanol–water partition coefficient (Wildman–Crippen LogP) is 5.18. The number of ether oxygens (including phenoxy) is 2. The van der Waals surface area contributed by atoms with Crippen LogP contribution in [-0.2, 0) is 32.2 Å². The van der Waals surface area contributed by atoms with Crippen LogP contribution in [0.4, 0.5) is 13.2 Å². The van der Waals surface area contributed by atoms with Gasteiger partial charge < -0.3 is 9.47 Å². The molecule has 0 unspecified atom stereocenters. The Morgan fingerprint density at radius 2 is 1.70 bits per heavy atom. The maximum Gasteiger partial charge on any atom is 0.417 e. The Hall–Kier alpha value is -4.79. The maximum absolute atomic E-state index is 14.8. The van der Waals surface area contributed by atoms with Gasteiger partial charge in [-0.15, -0.1) is 0 Å². The quantitative estimate of drug-likeness (QED) is 0.245. The van der Waals surface area contributed by atoms with Crippen LogP contribution in [0.2, 0.25) is 0 Å². The summed E-state index contributed by atoms with van der Waals surface area (Å²) in [5.41, 5.74) is -0.262. The molecule has 0 amide bonds. The third-order valence-electron chi connectivity index (χ3n) is 7.91. The molecule has 236 valence electrons. The summed E-state index contributed by atoms with van der Waals surface area (Å²) in [5, 5.41) is -0.396. The highest BCUT2D eigenvalue weighted by Crippen LogP contribution is 2.42. The molecule has 1 aliphatic heterocycles. The van der Waals surface area contributed by atoms with Crippen LogP contribution in [0, 0.1) is 6.92 Å². The summed E-state index contributed by atoms with van der Waals surface area (Å²) in [5.74, 6) is 0. The maximum atomic E-state index is 14.8. The van der Waals surface area contributed by atoms with E-state index in [1.807, 2.05) is 0 Å². The Balaban J connectivity index is 1.41. The summed E-state index contributed by atoms with van der Waals surface area (Å²) in [6.45, 7) is 2.90. The largest absolute Gasteiger partial charge is 0.417 e. The standard InChI is InChI=1S/C32H26F3N5O5S/c1-20-7-9-24(10-8-20)46(42,43)39-12-11-25-28(32(33,34)35)26(17-37-29(25)39)21-15-27-30(36-16-21)40(22-5-3-2-4-6-22)31(41)38(27)18-23-19-44-13-14-45-23/h2-12,15-17,23H,13-14,18-19H2,1H3/t23-/m0/s1. The third kappa shape index (κ3) is 5.07. The first-order valence-corrected chi connectivity index (χ1v) is 15.7. The van der Waals surface area contributed by atoms with Crippen LogP contribution in [0.3, 0.4) is 0 Å². The van der Waals surface area contributed by atoms with E-state index >= 15 is 0 Å². The minimum Gasteiger partial charge on any atom is -0.376 e. The smallest absolute Gasteiger partial charge is 0.376 e. The third-order valence-corrected chi connectivity index (χ3v) is 9.59. The van der Waals surface area contributed by atoms with E-state index in [1.54, 1.807) is 49.4 Å². The zero-order chi connectivity index (χ0) is 32.2. The molecule has 5 heterocycles. The number of nitrogens with zero attached hydrogens (tertiary/aromatic N) is 5. The topological polar surface area (TPSA) is 110 Å². The van der Waals surface area contributed by atoms with E-state index in [1.165, 1.54) is 33.5 Å². The second kappa shape index (κ2) is 11.2. The SMILES string of the molecule is Cc1ccc(S(=O)(=O)n2ccc3c(C(F)(F)F)c(-c4cnc5c(c4)n(C[C@H]4COCCO4)c(=O)n5-c4ccccc4)cnc32)cc1. The van der Waals surface area contributed by atoms with Crippen molar-refractivity contribution in [2.24, 2.45) is 0 Å². The van der Waals surface area contributed by atoms with E-state index in [0.29, 0.717) is 18.9 Å². The van der Waals surface area contributed by atoms with Crippen LogP contribution in [0.15, 0.2) is 95.0 Å². The van der Waals surface area contributed by atoms with Gasteiger partial charge in [-0.3, -0.25) is 4.57 Å². The van der Waals surface area contributed by atoms with E-state index in [0.717, 1.165) is 28.0 Å². The molecule has 0 aliphatic carbocycles. The highest BCUT2D eigenvalue weighted by atomic mass is 32.2. The minimum atomic E-state index is -4.89. The van der Waals surface area contributed by atoms with Crippen LogP contribution in [0.5, 0.6) is 0 Å². The first kappa shape index (κ1) is 29.9. The van der Waals surface area contributed by atoms with Crippen molar-refractivity contribution in [3.63, 3.8) is 0 Å². The second-order valence-corrected chi connectivity index (χ2v) is 12.7. The molecule has 0 N–H and O–H groups in total. The fraction of sp³-hybridized carbons (Fsp3) is 0.219. The predicted molar refractivity (Wildman–Crippen MR) is 163 cm³/mol. The summed E-state index contributed by atoms with van der Waals surface area (Å²) in [4.78, 5) is 22.4. The Kier molecular flexibility index (Phi) is 7.30. The molecule has 0 radical (unpaired) electrons.